The summed E-state index contributed by atoms with van der Waals surface area (Å²) < 4.78 is 5.64. The molecule has 0 fully saturated rings. The summed E-state index contributed by atoms with van der Waals surface area (Å²) in [5.74, 6) is 0.794. The zero-order valence-electron chi connectivity index (χ0n) is 11.9. The molecule has 0 spiro atoms. The van der Waals surface area contributed by atoms with Crippen molar-refractivity contribution in [1.29, 1.82) is 0 Å². The first-order valence-corrected chi connectivity index (χ1v) is 6.98. The van der Waals surface area contributed by atoms with Crippen LogP contribution >= 0.6 is 0 Å². The van der Waals surface area contributed by atoms with Crippen molar-refractivity contribution in [3.63, 3.8) is 0 Å². The molecule has 3 aromatic rings. The van der Waals surface area contributed by atoms with E-state index < -0.39 is 0 Å². The van der Waals surface area contributed by atoms with E-state index in [1.54, 1.807) is 6.20 Å². The van der Waals surface area contributed by atoms with E-state index >= 15 is 0 Å². The van der Waals surface area contributed by atoms with Crippen LogP contribution in [0, 0.1) is 0 Å². The van der Waals surface area contributed by atoms with Gasteiger partial charge in [-0.1, -0.05) is 30.3 Å². The summed E-state index contributed by atoms with van der Waals surface area (Å²) in [6, 6.07) is 15.2. The highest BCUT2D eigenvalue weighted by atomic mass is 16.5. The largest absolute Gasteiger partial charge is 0.494 e. The van der Waals surface area contributed by atoms with E-state index in [4.69, 9.17) is 10.5 Å². The molecule has 0 amide bonds. The fourth-order valence-corrected chi connectivity index (χ4v) is 2.31. The molecule has 3 rings (SSSR count). The van der Waals surface area contributed by atoms with Crippen molar-refractivity contribution >= 4 is 11.0 Å². The summed E-state index contributed by atoms with van der Waals surface area (Å²) in [6.07, 6.45) is 1.73. The number of hydrogen-bond acceptors (Lipinski definition) is 4. The number of hydrogen-bond donors (Lipinski definition) is 1. The summed E-state index contributed by atoms with van der Waals surface area (Å²) in [7, 11) is 0. The van der Waals surface area contributed by atoms with Crippen LogP contribution in [0.15, 0.2) is 54.7 Å². The van der Waals surface area contributed by atoms with E-state index in [0.717, 1.165) is 28.0 Å². The van der Waals surface area contributed by atoms with Crippen LogP contribution in [0.5, 0.6) is 5.75 Å². The molecule has 0 aliphatic rings. The first kappa shape index (κ1) is 13.5. The third kappa shape index (κ3) is 2.71. The second-order valence-electron chi connectivity index (χ2n) is 4.73. The molecule has 4 heteroatoms. The standard InChI is InChI=1S/C17H17N3O/c1-2-21-16-10-6-3-7-12(16)17(18)15-11-19-13-8-4-5-9-14(13)20-15/h3-11,17H,2,18H2,1H3. The summed E-state index contributed by atoms with van der Waals surface area (Å²) in [6.45, 7) is 2.56. The number of aromatic nitrogens is 2. The van der Waals surface area contributed by atoms with Gasteiger partial charge in [-0.25, -0.2) is 4.98 Å². The minimum absolute atomic E-state index is 0.357. The monoisotopic (exact) mass is 279 g/mol. The Morgan fingerprint density at radius 3 is 2.57 bits per heavy atom. The normalized spacial score (nSPS) is 12.3. The Hall–Kier alpha value is -2.46. The Bertz CT molecular complexity index is 758. The van der Waals surface area contributed by atoms with Gasteiger partial charge in [-0.2, -0.15) is 0 Å². The molecule has 0 saturated carbocycles. The van der Waals surface area contributed by atoms with E-state index in [-0.39, 0.29) is 6.04 Å². The fraction of sp³-hybridized carbons (Fsp3) is 0.176. The molecule has 0 radical (unpaired) electrons. The number of nitrogens with two attached hydrogens (primary N) is 1. The molecular formula is C17H17N3O. The quantitative estimate of drug-likeness (QED) is 0.797. The van der Waals surface area contributed by atoms with Crippen LogP contribution in [0.25, 0.3) is 11.0 Å². The molecule has 0 aliphatic carbocycles. The molecule has 1 unspecified atom stereocenters. The second kappa shape index (κ2) is 5.89. The molecule has 1 heterocycles. The zero-order chi connectivity index (χ0) is 14.7. The van der Waals surface area contributed by atoms with Gasteiger partial charge in [-0.3, -0.25) is 4.98 Å². The van der Waals surface area contributed by atoms with Gasteiger partial charge in [0.15, 0.2) is 0 Å². The van der Waals surface area contributed by atoms with E-state index in [0.29, 0.717) is 6.61 Å². The van der Waals surface area contributed by atoms with Crippen molar-refractivity contribution in [3.8, 4) is 5.75 Å². The minimum atomic E-state index is -0.357. The van der Waals surface area contributed by atoms with Crippen molar-refractivity contribution in [1.82, 2.24) is 9.97 Å². The van der Waals surface area contributed by atoms with Crippen molar-refractivity contribution in [2.75, 3.05) is 6.61 Å². The van der Waals surface area contributed by atoms with E-state index in [2.05, 4.69) is 9.97 Å². The lowest BCUT2D eigenvalue weighted by atomic mass is 10.0. The molecule has 1 aromatic heterocycles. The SMILES string of the molecule is CCOc1ccccc1C(N)c1cnc2ccccc2n1. The van der Waals surface area contributed by atoms with E-state index in [1.165, 1.54) is 0 Å². The van der Waals surface area contributed by atoms with Crippen LogP contribution in [-0.2, 0) is 0 Å². The molecule has 2 aromatic carbocycles. The third-order valence-corrected chi connectivity index (χ3v) is 3.34. The predicted octanol–water partition coefficient (Wildman–Crippen LogP) is 3.08. The average Bonchev–Trinajstić information content (AvgIpc) is 2.54. The smallest absolute Gasteiger partial charge is 0.124 e. The third-order valence-electron chi connectivity index (χ3n) is 3.34. The minimum Gasteiger partial charge on any atom is -0.494 e. The number of nitrogens with zero attached hydrogens (tertiary/aromatic N) is 2. The molecule has 0 aliphatic heterocycles. The van der Waals surface area contributed by atoms with Crippen LogP contribution in [0.2, 0.25) is 0 Å². The highest BCUT2D eigenvalue weighted by Gasteiger charge is 2.16. The molecule has 106 valence electrons. The predicted molar refractivity (Wildman–Crippen MR) is 83.2 cm³/mol. The first-order chi connectivity index (χ1) is 10.3. The van der Waals surface area contributed by atoms with Gasteiger partial charge in [-0.15, -0.1) is 0 Å². The summed E-state index contributed by atoms with van der Waals surface area (Å²) in [5, 5.41) is 0. The molecule has 0 saturated heterocycles. The van der Waals surface area contributed by atoms with Crippen LogP contribution in [0.3, 0.4) is 0 Å². The van der Waals surface area contributed by atoms with Crippen LogP contribution in [0.1, 0.15) is 24.2 Å². The first-order valence-electron chi connectivity index (χ1n) is 6.98. The van der Waals surface area contributed by atoms with Gasteiger partial charge in [0.25, 0.3) is 0 Å². The van der Waals surface area contributed by atoms with E-state index in [9.17, 15) is 0 Å². The van der Waals surface area contributed by atoms with Gasteiger partial charge in [0.1, 0.15) is 5.75 Å². The lowest BCUT2D eigenvalue weighted by Crippen LogP contribution is -2.15. The second-order valence-corrected chi connectivity index (χ2v) is 4.73. The van der Waals surface area contributed by atoms with Gasteiger partial charge in [0.05, 0.1) is 35.6 Å². The topological polar surface area (TPSA) is 61.0 Å². The molecule has 4 nitrogen and oxygen atoms in total. The molecule has 1 atom stereocenters. The number of fused-ring (bicyclic) bond motifs is 1. The Morgan fingerprint density at radius 2 is 1.76 bits per heavy atom. The maximum Gasteiger partial charge on any atom is 0.124 e. The van der Waals surface area contributed by atoms with Crippen LogP contribution < -0.4 is 10.5 Å². The Morgan fingerprint density at radius 1 is 1.05 bits per heavy atom. The highest BCUT2D eigenvalue weighted by molar-refractivity contribution is 5.73. The lowest BCUT2D eigenvalue weighted by Gasteiger charge is -2.16. The number of para-hydroxylation sites is 3. The van der Waals surface area contributed by atoms with Gasteiger partial charge < -0.3 is 10.5 Å². The number of benzene rings is 2. The number of rotatable bonds is 4. The number of ether oxygens (including phenoxy) is 1. The maximum atomic E-state index is 6.36. The highest BCUT2D eigenvalue weighted by Crippen LogP contribution is 2.27. The Kier molecular flexibility index (Phi) is 3.79. The Labute approximate surface area is 123 Å². The fourth-order valence-electron chi connectivity index (χ4n) is 2.31. The Balaban J connectivity index is 2.02. The molecule has 2 N–H and O–H groups in total. The van der Waals surface area contributed by atoms with Crippen molar-refractivity contribution in [3.05, 3.63) is 66.0 Å². The van der Waals surface area contributed by atoms with Gasteiger partial charge >= 0.3 is 0 Å². The van der Waals surface area contributed by atoms with Gasteiger partial charge in [0.2, 0.25) is 0 Å². The van der Waals surface area contributed by atoms with Gasteiger partial charge in [0, 0.05) is 5.56 Å². The van der Waals surface area contributed by atoms with Crippen molar-refractivity contribution < 1.29 is 4.74 Å². The van der Waals surface area contributed by atoms with Crippen molar-refractivity contribution in [2.24, 2.45) is 5.73 Å². The average molecular weight is 279 g/mol. The summed E-state index contributed by atoms with van der Waals surface area (Å²) in [4.78, 5) is 9.03. The van der Waals surface area contributed by atoms with Crippen LogP contribution in [-0.4, -0.2) is 16.6 Å². The van der Waals surface area contributed by atoms with Gasteiger partial charge in [-0.05, 0) is 25.1 Å². The summed E-state index contributed by atoms with van der Waals surface area (Å²) >= 11 is 0. The molecule has 21 heavy (non-hydrogen) atoms. The van der Waals surface area contributed by atoms with Crippen molar-refractivity contribution in [2.45, 2.75) is 13.0 Å². The molecular weight excluding hydrogens is 262 g/mol. The van der Waals surface area contributed by atoms with E-state index in [1.807, 2.05) is 55.5 Å². The lowest BCUT2D eigenvalue weighted by molar-refractivity contribution is 0.335. The zero-order valence-corrected chi connectivity index (χ0v) is 11.9. The van der Waals surface area contributed by atoms with Crippen LogP contribution in [0.4, 0.5) is 0 Å². The maximum absolute atomic E-state index is 6.36. The molecule has 0 bridgehead atoms. The summed E-state index contributed by atoms with van der Waals surface area (Å²) in [5.41, 5.74) is 9.73.